The minimum atomic E-state index is -0.187. The average Bonchev–Trinajstić information content (AvgIpc) is 3.44. The maximum Gasteiger partial charge on any atom is 0.216 e. The fourth-order valence-corrected chi connectivity index (χ4v) is 3.60. The minimum absolute atomic E-state index is 0.187. The third-order valence-corrected chi connectivity index (χ3v) is 5.01. The third-order valence-electron chi connectivity index (χ3n) is 5.01. The molecule has 0 aromatic carbocycles. The molecule has 28 heavy (non-hydrogen) atoms. The number of hydrogen-bond acceptors (Lipinski definition) is 6. The molecule has 0 spiro atoms. The van der Waals surface area contributed by atoms with Gasteiger partial charge in [-0.2, -0.15) is 5.10 Å². The summed E-state index contributed by atoms with van der Waals surface area (Å²) in [5.74, 6) is 0.782. The number of carbonyl (C=O) groups is 1. The Bertz CT molecular complexity index is 1150. The van der Waals surface area contributed by atoms with Crippen LogP contribution in [0.1, 0.15) is 28.9 Å². The Balaban J connectivity index is 1.58. The van der Waals surface area contributed by atoms with E-state index in [0.29, 0.717) is 16.9 Å². The highest BCUT2D eigenvalue weighted by atomic mass is 16.1. The highest BCUT2D eigenvalue weighted by molar-refractivity contribution is 6.11. The fourth-order valence-electron chi connectivity index (χ4n) is 3.60. The molecule has 1 aliphatic heterocycles. The smallest absolute Gasteiger partial charge is 0.216 e. The maximum absolute atomic E-state index is 12.8. The highest BCUT2D eigenvalue weighted by Gasteiger charge is 2.19. The predicted octanol–water partition coefficient (Wildman–Crippen LogP) is 3.02. The van der Waals surface area contributed by atoms with Crippen LogP contribution >= 0.6 is 0 Å². The van der Waals surface area contributed by atoms with Crippen LogP contribution in [0.5, 0.6) is 0 Å². The second kappa shape index (κ2) is 6.84. The van der Waals surface area contributed by atoms with Crippen molar-refractivity contribution in [3.05, 3.63) is 72.4 Å². The van der Waals surface area contributed by atoms with Crippen LogP contribution < -0.4 is 4.90 Å². The number of nitrogens with zero attached hydrogens (tertiary/aromatic N) is 6. The summed E-state index contributed by atoms with van der Waals surface area (Å²) >= 11 is 0. The van der Waals surface area contributed by atoms with Crippen LogP contribution in [0.15, 0.2) is 61.2 Å². The van der Waals surface area contributed by atoms with Gasteiger partial charge in [-0.25, -0.2) is 14.5 Å². The molecule has 0 atom stereocenters. The van der Waals surface area contributed by atoms with Crippen molar-refractivity contribution in [2.24, 2.45) is 0 Å². The summed E-state index contributed by atoms with van der Waals surface area (Å²) in [6.07, 6.45) is 9.09. The van der Waals surface area contributed by atoms with Gasteiger partial charge in [-0.1, -0.05) is 6.07 Å². The number of aromatic nitrogens is 5. The van der Waals surface area contributed by atoms with Gasteiger partial charge in [-0.15, -0.1) is 0 Å². The largest absolute Gasteiger partial charge is 0.357 e. The number of hydrogen-bond donors (Lipinski definition) is 0. The molecule has 138 valence electrons. The van der Waals surface area contributed by atoms with E-state index in [9.17, 15) is 4.79 Å². The molecule has 5 heterocycles. The monoisotopic (exact) mass is 370 g/mol. The molecule has 0 aliphatic carbocycles. The van der Waals surface area contributed by atoms with E-state index < -0.39 is 0 Å². The normalized spacial score (nSPS) is 13.9. The van der Waals surface area contributed by atoms with Gasteiger partial charge < -0.3 is 4.90 Å². The molecule has 1 saturated heterocycles. The lowest BCUT2D eigenvalue weighted by Crippen LogP contribution is -2.18. The van der Waals surface area contributed by atoms with Crippen molar-refractivity contribution in [3.8, 4) is 11.3 Å². The number of pyridine rings is 2. The fraction of sp³-hybridized carbons (Fsp3) is 0.190. The van der Waals surface area contributed by atoms with Crippen molar-refractivity contribution in [2.45, 2.75) is 12.8 Å². The van der Waals surface area contributed by atoms with Gasteiger partial charge >= 0.3 is 0 Å². The standard InChI is InChI=1S/C21H18N6O/c28-20(17-5-1-2-8-22-17)16-14-25-27-18(7-10-24-21(16)27)15-6-9-23-19(13-15)26-11-3-4-12-26/h1-2,5-10,13-14H,3-4,11-12H2. The first-order chi connectivity index (χ1) is 13.8. The van der Waals surface area contributed by atoms with E-state index in [2.05, 4.69) is 31.0 Å². The highest BCUT2D eigenvalue weighted by Crippen LogP contribution is 2.26. The Morgan fingerprint density at radius 1 is 0.929 bits per heavy atom. The molecule has 7 nitrogen and oxygen atoms in total. The summed E-state index contributed by atoms with van der Waals surface area (Å²) in [5.41, 5.74) is 3.20. The Morgan fingerprint density at radius 3 is 2.61 bits per heavy atom. The topological polar surface area (TPSA) is 76.3 Å². The first kappa shape index (κ1) is 16.6. The molecular formula is C21H18N6O. The van der Waals surface area contributed by atoms with E-state index in [1.807, 2.05) is 18.3 Å². The molecule has 7 heteroatoms. The van der Waals surface area contributed by atoms with Gasteiger partial charge in [0, 0.05) is 37.2 Å². The van der Waals surface area contributed by atoms with E-state index in [0.717, 1.165) is 30.2 Å². The van der Waals surface area contributed by atoms with Crippen molar-refractivity contribution < 1.29 is 4.79 Å². The van der Waals surface area contributed by atoms with E-state index >= 15 is 0 Å². The van der Waals surface area contributed by atoms with Gasteiger partial charge in [0.05, 0.1) is 17.5 Å². The van der Waals surface area contributed by atoms with Gasteiger partial charge in [0.2, 0.25) is 5.78 Å². The van der Waals surface area contributed by atoms with Crippen LogP contribution in [0.4, 0.5) is 5.82 Å². The Labute approximate surface area is 161 Å². The molecule has 4 aromatic heterocycles. The Hall–Kier alpha value is -3.61. The minimum Gasteiger partial charge on any atom is -0.357 e. The molecular weight excluding hydrogens is 352 g/mol. The van der Waals surface area contributed by atoms with E-state index in [4.69, 9.17) is 0 Å². The Kier molecular flexibility index (Phi) is 4.05. The number of carbonyl (C=O) groups excluding carboxylic acids is 1. The summed E-state index contributed by atoms with van der Waals surface area (Å²) < 4.78 is 1.71. The lowest BCUT2D eigenvalue weighted by molar-refractivity contribution is 0.103. The predicted molar refractivity (Wildman–Crippen MR) is 105 cm³/mol. The molecule has 0 N–H and O–H groups in total. The average molecular weight is 370 g/mol. The zero-order valence-corrected chi connectivity index (χ0v) is 15.2. The van der Waals surface area contributed by atoms with Crippen LogP contribution in [0.2, 0.25) is 0 Å². The van der Waals surface area contributed by atoms with E-state index in [1.54, 1.807) is 41.3 Å². The van der Waals surface area contributed by atoms with Crippen molar-refractivity contribution in [2.75, 3.05) is 18.0 Å². The van der Waals surface area contributed by atoms with Crippen LogP contribution in [0.3, 0.4) is 0 Å². The van der Waals surface area contributed by atoms with Crippen molar-refractivity contribution in [1.82, 2.24) is 24.6 Å². The number of ketones is 1. The number of anilines is 1. The molecule has 0 bridgehead atoms. The molecule has 5 rings (SSSR count). The SMILES string of the molecule is O=C(c1ccccn1)c1cnn2c(-c3ccnc(N4CCCC4)c3)ccnc12. The van der Waals surface area contributed by atoms with Gasteiger partial charge in [0.1, 0.15) is 11.5 Å². The van der Waals surface area contributed by atoms with Crippen LogP contribution in [0.25, 0.3) is 16.9 Å². The molecule has 0 amide bonds. The van der Waals surface area contributed by atoms with Gasteiger partial charge in [-0.3, -0.25) is 9.78 Å². The summed E-state index contributed by atoms with van der Waals surface area (Å²) in [4.78, 5) is 28.2. The lowest BCUT2D eigenvalue weighted by atomic mass is 10.1. The van der Waals surface area contributed by atoms with Crippen molar-refractivity contribution in [1.29, 1.82) is 0 Å². The third kappa shape index (κ3) is 2.81. The quantitative estimate of drug-likeness (QED) is 0.514. The zero-order valence-electron chi connectivity index (χ0n) is 15.2. The Morgan fingerprint density at radius 2 is 1.79 bits per heavy atom. The second-order valence-corrected chi connectivity index (χ2v) is 6.76. The first-order valence-corrected chi connectivity index (χ1v) is 9.31. The number of rotatable bonds is 4. The van der Waals surface area contributed by atoms with Crippen LogP contribution in [0, 0.1) is 0 Å². The number of fused-ring (bicyclic) bond motifs is 1. The molecule has 4 aromatic rings. The van der Waals surface area contributed by atoms with Gasteiger partial charge in [0.15, 0.2) is 5.65 Å². The molecule has 1 fully saturated rings. The molecule has 1 aliphatic rings. The zero-order chi connectivity index (χ0) is 18.9. The summed E-state index contributed by atoms with van der Waals surface area (Å²) in [7, 11) is 0. The van der Waals surface area contributed by atoms with Crippen LogP contribution in [-0.2, 0) is 0 Å². The van der Waals surface area contributed by atoms with Gasteiger partial charge in [0.25, 0.3) is 0 Å². The van der Waals surface area contributed by atoms with Crippen LogP contribution in [-0.4, -0.2) is 43.4 Å². The molecule has 0 saturated carbocycles. The summed E-state index contributed by atoms with van der Waals surface area (Å²) in [6.45, 7) is 2.07. The van der Waals surface area contributed by atoms with Crippen molar-refractivity contribution >= 4 is 17.2 Å². The summed E-state index contributed by atoms with van der Waals surface area (Å²) in [6, 6.07) is 11.2. The van der Waals surface area contributed by atoms with E-state index in [1.165, 1.54) is 12.8 Å². The second-order valence-electron chi connectivity index (χ2n) is 6.76. The summed E-state index contributed by atoms with van der Waals surface area (Å²) in [5, 5.41) is 4.44. The molecule has 0 unspecified atom stereocenters. The van der Waals surface area contributed by atoms with Crippen molar-refractivity contribution in [3.63, 3.8) is 0 Å². The lowest BCUT2D eigenvalue weighted by Gasteiger charge is -2.17. The van der Waals surface area contributed by atoms with E-state index in [-0.39, 0.29) is 5.78 Å². The first-order valence-electron chi connectivity index (χ1n) is 9.31. The molecule has 0 radical (unpaired) electrons. The van der Waals surface area contributed by atoms with Gasteiger partial charge in [-0.05, 0) is 43.2 Å². The maximum atomic E-state index is 12.8.